The second kappa shape index (κ2) is 10.1. The molecule has 1 aliphatic rings. The van der Waals surface area contributed by atoms with E-state index in [2.05, 4.69) is 10.6 Å². The Labute approximate surface area is 174 Å². The fraction of sp³-hybridized carbons (Fsp3) is 0.273. The zero-order valence-electron chi connectivity index (χ0n) is 16.3. The lowest BCUT2D eigenvalue weighted by molar-refractivity contribution is -0.152. The number of piperidine rings is 1. The number of ether oxygens (including phenoxy) is 1. The topological polar surface area (TPSA) is 112 Å². The maximum atomic E-state index is 12.3. The van der Waals surface area contributed by atoms with Gasteiger partial charge in [-0.1, -0.05) is 24.3 Å². The summed E-state index contributed by atoms with van der Waals surface area (Å²) in [5.74, 6) is -1.27. The van der Waals surface area contributed by atoms with Crippen molar-refractivity contribution in [2.24, 2.45) is 5.92 Å². The molecule has 2 N–H and O–H groups in total. The number of amides is 3. The molecule has 1 saturated heterocycles. The van der Waals surface area contributed by atoms with Gasteiger partial charge in [0.2, 0.25) is 0 Å². The summed E-state index contributed by atoms with van der Waals surface area (Å²) in [4.78, 5) is 38.2. The molecule has 0 aromatic heterocycles. The SMILES string of the molecule is N#Cc1cccc(NC(=O)COC(=O)C2CCN(C(=O)Nc3ccccc3)CC2)c1. The number of nitriles is 1. The number of nitrogens with zero attached hydrogens (tertiary/aromatic N) is 2. The van der Waals surface area contributed by atoms with Gasteiger partial charge in [-0.3, -0.25) is 9.59 Å². The first kappa shape index (κ1) is 20.9. The third-order valence-electron chi connectivity index (χ3n) is 4.76. The number of hydrogen-bond acceptors (Lipinski definition) is 5. The molecule has 154 valence electrons. The number of nitrogens with one attached hydrogen (secondary N) is 2. The van der Waals surface area contributed by atoms with Crippen LogP contribution in [0, 0.1) is 17.2 Å². The van der Waals surface area contributed by atoms with Crippen LogP contribution in [-0.4, -0.2) is 42.5 Å². The molecule has 0 spiro atoms. The van der Waals surface area contributed by atoms with Gasteiger partial charge in [0.25, 0.3) is 5.91 Å². The summed E-state index contributed by atoms with van der Waals surface area (Å²) in [6, 6.07) is 17.4. The molecule has 0 radical (unpaired) electrons. The molecular formula is C22H22N4O4. The van der Waals surface area contributed by atoms with E-state index in [1.807, 2.05) is 36.4 Å². The van der Waals surface area contributed by atoms with E-state index in [1.165, 1.54) is 6.07 Å². The van der Waals surface area contributed by atoms with Gasteiger partial charge in [-0.15, -0.1) is 0 Å². The molecule has 8 heteroatoms. The third kappa shape index (κ3) is 5.82. The number of carbonyl (C=O) groups excluding carboxylic acids is 3. The standard InChI is InChI=1S/C22H22N4O4/c23-14-16-5-4-8-19(13-16)24-20(27)15-30-21(28)17-9-11-26(12-10-17)22(29)25-18-6-2-1-3-7-18/h1-8,13,17H,9-12,15H2,(H,24,27)(H,25,29). The quantitative estimate of drug-likeness (QED) is 0.742. The minimum Gasteiger partial charge on any atom is -0.455 e. The Hall–Kier alpha value is -3.86. The largest absolute Gasteiger partial charge is 0.455 e. The molecule has 2 aromatic carbocycles. The maximum absolute atomic E-state index is 12.3. The van der Waals surface area contributed by atoms with Gasteiger partial charge < -0.3 is 20.3 Å². The molecule has 1 fully saturated rings. The number of benzene rings is 2. The van der Waals surface area contributed by atoms with Crippen LogP contribution in [0.25, 0.3) is 0 Å². The summed E-state index contributed by atoms with van der Waals surface area (Å²) in [6.07, 6.45) is 0.958. The number of para-hydroxylation sites is 1. The Morgan fingerprint density at radius 3 is 2.40 bits per heavy atom. The average molecular weight is 406 g/mol. The van der Waals surface area contributed by atoms with Gasteiger partial charge in [-0.2, -0.15) is 5.26 Å². The van der Waals surface area contributed by atoms with E-state index in [9.17, 15) is 14.4 Å². The highest BCUT2D eigenvalue weighted by Gasteiger charge is 2.28. The first-order valence-corrected chi connectivity index (χ1v) is 9.63. The van der Waals surface area contributed by atoms with Crippen molar-refractivity contribution in [2.75, 3.05) is 30.3 Å². The van der Waals surface area contributed by atoms with Gasteiger partial charge in [0, 0.05) is 24.5 Å². The molecule has 0 saturated carbocycles. The second-order valence-corrected chi connectivity index (χ2v) is 6.91. The van der Waals surface area contributed by atoms with Crippen molar-refractivity contribution in [1.82, 2.24) is 4.90 Å². The molecular weight excluding hydrogens is 384 g/mol. The molecule has 1 aliphatic heterocycles. The number of esters is 1. The fourth-order valence-electron chi connectivity index (χ4n) is 3.16. The van der Waals surface area contributed by atoms with Gasteiger partial charge in [-0.25, -0.2) is 4.79 Å². The van der Waals surface area contributed by atoms with E-state index in [4.69, 9.17) is 10.00 Å². The highest BCUT2D eigenvalue weighted by molar-refractivity contribution is 5.93. The normalized spacial score (nSPS) is 13.8. The molecule has 0 bridgehead atoms. The van der Waals surface area contributed by atoms with Gasteiger partial charge in [0.1, 0.15) is 0 Å². The van der Waals surface area contributed by atoms with Gasteiger partial charge in [0.15, 0.2) is 6.61 Å². The highest BCUT2D eigenvalue weighted by Crippen LogP contribution is 2.20. The smallest absolute Gasteiger partial charge is 0.321 e. The van der Waals surface area contributed by atoms with E-state index in [1.54, 1.807) is 23.1 Å². The van der Waals surface area contributed by atoms with E-state index >= 15 is 0 Å². The van der Waals surface area contributed by atoms with Crippen molar-refractivity contribution in [2.45, 2.75) is 12.8 Å². The number of rotatable bonds is 5. The lowest BCUT2D eigenvalue weighted by Gasteiger charge is -2.30. The van der Waals surface area contributed by atoms with Crippen LogP contribution in [0.1, 0.15) is 18.4 Å². The summed E-state index contributed by atoms with van der Waals surface area (Å²) < 4.78 is 5.13. The van der Waals surface area contributed by atoms with Crippen LogP contribution in [0.2, 0.25) is 0 Å². The Bertz CT molecular complexity index is 947. The van der Waals surface area contributed by atoms with Crippen LogP contribution in [-0.2, 0) is 14.3 Å². The van der Waals surface area contributed by atoms with Gasteiger partial charge >= 0.3 is 12.0 Å². The molecule has 3 amide bonds. The summed E-state index contributed by atoms with van der Waals surface area (Å²) in [7, 11) is 0. The average Bonchev–Trinajstić information content (AvgIpc) is 2.78. The molecule has 30 heavy (non-hydrogen) atoms. The summed E-state index contributed by atoms with van der Waals surface area (Å²) in [5, 5.41) is 14.3. The fourth-order valence-corrected chi connectivity index (χ4v) is 3.16. The van der Waals surface area contributed by atoms with E-state index in [0.29, 0.717) is 37.2 Å². The number of anilines is 2. The van der Waals surface area contributed by atoms with E-state index in [0.717, 1.165) is 5.69 Å². The van der Waals surface area contributed by atoms with Gasteiger partial charge in [-0.05, 0) is 43.2 Å². The van der Waals surface area contributed by atoms with E-state index < -0.39 is 18.5 Å². The number of urea groups is 1. The van der Waals surface area contributed by atoms with Crippen LogP contribution in [0.15, 0.2) is 54.6 Å². The highest BCUT2D eigenvalue weighted by atomic mass is 16.5. The predicted molar refractivity (Wildman–Crippen MR) is 111 cm³/mol. The minimum absolute atomic E-state index is 0.202. The lowest BCUT2D eigenvalue weighted by Crippen LogP contribution is -2.43. The Kier molecular flexibility index (Phi) is 7.00. The monoisotopic (exact) mass is 406 g/mol. The zero-order valence-corrected chi connectivity index (χ0v) is 16.3. The van der Waals surface area contributed by atoms with Gasteiger partial charge in [0.05, 0.1) is 17.6 Å². The molecule has 0 atom stereocenters. The Morgan fingerprint density at radius 1 is 1.00 bits per heavy atom. The van der Waals surface area contributed by atoms with Crippen LogP contribution < -0.4 is 10.6 Å². The Morgan fingerprint density at radius 2 is 1.70 bits per heavy atom. The third-order valence-corrected chi connectivity index (χ3v) is 4.76. The molecule has 2 aromatic rings. The zero-order chi connectivity index (χ0) is 21.3. The first-order valence-electron chi connectivity index (χ1n) is 9.63. The number of carbonyl (C=O) groups is 3. The molecule has 1 heterocycles. The first-order chi connectivity index (χ1) is 14.5. The van der Waals surface area contributed by atoms with Crippen LogP contribution in [0.3, 0.4) is 0 Å². The van der Waals surface area contributed by atoms with Crippen LogP contribution in [0.4, 0.5) is 16.2 Å². The van der Waals surface area contributed by atoms with Crippen molar-refractivity contribution in [1.29, 1.82) is 5.26 Å². The summed E-state index contributed by atoms with van der Waals surface area (Å²) in [6.45, 7) is 0.474. The summed E-state index contributed by atoms with van der Waals surface area (Å²) >= 11 is 0. The van der Waals surface area contributed by atoms with Crippen LogP contribution >= 0.6 is 0 Å². The van der Waals surface area contributed by atoms with Crippen molar-refractivity contribution in [3.05, 3.63) is 60.2 Å². The number of likely N-dealkylation sites (tertiary alicyclic amines) is 1. The van der Waals surface area contributed by atoms with Crippen molar-refractivity contribution in [3.63, 3.8) is 0 Å². The predicted octanol–water partition coefficient (Wildman–Crippen LogP) is 2.98. The molecule has 0 aliphatic carbocycles. The Balaban J connectivity index is 1.40. The van der Waals surface area contributed by atoms with Crippen LogP contribution in [0.5, 0.6) is 0 Å². The summed E-state index contributed by atoms with van der Waals surface area (Å²) in [5.41, 5.74) is 1.61. The molecule has 0 unspecified atom stereocenters. The van der Waals surface area contributed by atoms with Crippen molar-refractivity contribution >= 4 is 29.3 Å². The van der Waals surface area contributed by atoms with E-state index in [-0.39, 0.29) is 11.9 Å². The molecule has 3 rings (SSSR count). The maximum Gasteiger partial charge on any atom is 0.321 e. The number of hydrogen-bond donors (Lipinski definition) is 2. The molecule has 8 nitrogen and oxygen atoms in total. The van der Waals surface area contributed by atoms with Crippen molar-refractivity contribution in [3.8, 4) is 6.07 Å². The lowest BCUT2D eigenvalue weighted by atomic mass is 9.97. The van der Waals surface area contributed by atoms with Crippen molar-refractivity contribution < 1.29 is 19.1 Å². The minimum atomic E-state index is -0.474. The second-order valence-electron chi connectivity index (χ2n) is 6.91.